The summed E-state index contributed by atoms with van der Waals surface area (Å²) in [5.74, 6) is 0.0309. The van der Waals surface area contributed by atoms with Crippen LogP contribution in [0.2, 0.25) is 0 Å². The van der Waals surface area contributed by atoms with Crippen molar-refractivity contribution < 1.29 is 24.2 Å². The van der Waals surface area contributed by atoms with Crippen molar-refractivity contribution in [3.63, 3.8) is 0 Å². The fraction of sp³-hybridized carbons (Fsp3) is 0.0714. The number of hydrogen-bond acceptors (Lipinski definition) is 7. The van der Waals surface area contributed by atoms with E-state index in [1.54, 1.807) is 68.8 Å². The maximum absolute atomic E-state index is 12.2. The lowest BCUT2D eigenvalue weighted by Crippen LogP contribution is -2.15. The molecule has 11 heteroatoms. The predicted octanol–water partition coefficient (Wildman–Crippen LogP) is 6.30. The van der Waals surface area contributed by atoms with E-state index in [1.807, 2.05) is 30.3 Å². The molecule has 4 rings (SSSR count). The SMILES string of the molecule is COc1ccccc1N.COc1ccccc1NC(=O)c1c(N)cccc1Br.Nc1cccc(Br)c1C(=O)O. The standard InChI is InChI=1S/C14H13BrN2O2.C7H6BrNO2.C7H9NO/c1-19-12-8-3-2-7-11(12)17-14(18)13-9(15)5-4-6-10(13)16;8-4-2-1-3-5(9)6(4)7(10)11;1-9-7-5-3-2-4-6(7)8/h2-8H,16H2,1H3,(H,17,18);1-3H,9H2,(H,10,11);2-5H,8H2,1H3. The second-order valence-electron chi connectivity index (χ2n) is 7.61. The van der Waals surface area contributed by atoms with Crippen LogP contribution in [0.25, 0.3) is 0 Å². The molecule has 1 amide bonds. The van der Waals surface area contributed by atoms with Crippen molar-refractivity contribution in [2.75, 3.05) is 36.7 Å². The number of amides is 1. The van der Waals surface area contributed by atoms with Gasteiger partial charge in [0.2, 0.25) is 0 Å². The zero-order chi connectivity index (χ0) is 28.9. The van der Waals surface area contributed by atoms with Gasteiger partial charge >= 0.3 is 5.97 Å². The lowest BCUT2D eigenvalue weighted by atomic mass is 10.1. The van der Waals surface area contributed by atoms with Gasteiger partial charge in [0.25, 0.3) is 5.91 Å². The van der Waals surface area contributed by atoms with Gasteiger partial charge in [-0.1, -0.05) is 36.4 Å². The number of anilines is 4. The number of carbonyl (C=O) groups is 2. The number of hydrogen-bond donors (Lipinski definition) is 5. The fourth-order valence-electron chi connectivity index (χ4n) is 3.15. The number of benzene rings is 4. The van der Waals surface area contributed by atoms with Crippen LogP contribution in [0, 0.1) is 0 Å². The molecule has 0 bridgehead atoms. The number of nitrogens with two attached hydrogens (primary N) is 3. The van der Waals surface area contributed by atoms with Crippen molar-refractivity contribution in [3.05, 3.63) is 105 Å². The number of carbonyl (C=O) groups excluding carboxylic acids is 1. The Bertz CT molecular complexity index is 1390. The summed E-state index contributed by atoms with van der Waals surface area (Å²) in [5.41, 5.74) is 19.2. The summed E-state index contributed by atoms with van der Waals surface area (Å²) in [6, 6.07) is 24.7. The van der Waals surface area contributed by atoms with Crippen LogP contribution in [0.1, 0.15) is 20.7 Å². The summed E-state index contributed by atoms with van der Waals surface area (Å²) >= 11 is 6.41. The van der Waals surface area contributed by atoms with Gasteiger partial charge in [0, 0.05) is 20.3 Å². The molecule has 0 aliphatic heterocycles. The molecule has 0 saturated heterocycles. The van der Waals surface area contributed by atoms with Crippen LogP contribution in [-0.4, -0.2) is 31.2 Å². The number of carboxylic acids is 1. The highest BCUT2D eigenvalue weighted by Gasteiger charge is 2.15. The lowest BCUT2D eigenvalue weighted by Gasteiger charge is -2.12. The number of rotatable bonds is 5. The Morgan fingerprint density at radius 3 is 1.56 bits per heavy atom. The van der Waals surface area contributed by atoms with E-state index in [9.17, 15) is 9.59 Å². The van der Waals surface area contributed by atoms with Crippen LogP contribution < -0.4 is 32.0 Å². The van der Waals surface area contributed by atoms with Gasteiger partial charge in [-0.15, -0.1) is 0 Å². The van der Waals surface area contributed by atoms with Gasteiger partial charge in [-0.3, -0.25) is 4.79 Å². The van der Waals surface area contributed by atoms with Crippen molar-refractivity contribution in [1.29, 1.82) is 0 Å². The van der Waals surface area contributed by atoms with E-state index in [0.717, 1.165) is 5.75 Å². The summed E-state index contributed by atoms with van der Waals surface area (Å²) in [7, 11) is 3.16. The van der Waals surface area contributed by atoms with Crippen LogP contribution >= 0.6 is 31.9 Å². The van der Waals surface area contributed by atoms with Crippen LogP contribution in [-0.2, 0) is 0 Å². The Balaban J connectivity index is 0.000000226. The molecule has 8 N–H and O–H groups in total. The fourth-order valence-corrected chi connectivity index (χ4v) is 4.26. The maximum atomic E-state index is 12.2. The topological polar surface area (TPSA) is 163 Å². The number of ether oxygens (including phenoxy) is 2. The summed E-state index contributed by atoms with van der Waals surface area (Å²) in [4.78, 5) is 22.8. The van der Waals surface area contributed by atoms with Crippen molar-refractivity contribution in [2.24, 2.45) is 0 Å². The summed E-state index contributed by atoms with van der Waals surface area (Å²) < 4.78 is 11.3. The molecule has 204 valence electrons. The van der Waals surface area contributed by atoms with E-state index in [4.69, 9.17) is 31.8 Å². The highest BCUT2D eigenvalue weighted by Crippen LogP contribution is 2.27. The van der Waals surface area contributed by atoms with Crippen LogP contribution in [0.15, 0.2) is 93.9 Å². The third-order valence-electron chi connectivity index (χ3n) is 5.03. The van der Waals surface area contributed by atoms with Gasteiger partial charge in [-0.2, -0.15) is 0 Å². The summed E-state index contributed by atoms with van der Waals surface area (Å²) in [6.07, 6.45) is 0. The average Bonchev–Trinajstić information content (AvgIpc) is 2.90. The maximum Gasteiger partial charge on any atom is 0.338 e. The van der Waals surface area contributed by atoms with E-state index in [2.05, 4.69) is 37.2 Å². The molecule has 4 aromatic carbocycles. The summed E-state index contributed by atoms with van der Waals surface area (Å²) in [5, 5.41) is 11.4. The molecule has 0 aromatic heterocycles. The first kappa shape index (κ1) is 31.0. The Morgan fingerprint density at radius 1 is 0.667 bits per heavy atom. The molecule has 0 atom stereocenters. The first-order valence-corrected chi connectivity index (χ1v) is 12.8. The van der Waals surface area contributed by atoms with E-state index in [0.29, 0.717) is 37.3 Å². The Kier molecular flexibility index (Phi) is 12.1. The molecule has 0 radical (unpaired) electrons. The van der Waals surface area contributed by atoms with Gasteiger partial charge in [0.05, 0.1) is 36.7 Å². The summed E-state index contributed by atoms with van der Waals surface area (Å²) in [6.45, 7) is 0. The van der Waals surface area contributed by atoms with Crippen LogP contribution in [0.4, 0.5) is 22.7 Å². The highest BCUT2D eigenvalue weighted by molar-refractivity contribution is 9.10. The zero-order valence-electron chi connectivity index (χ0n) is 21.2. The number of aromatic carboxylic acids is 1. The van der Waals surface area contributed by atoms with Gasteiger partial charge < -0.3 is 37.1 Å². The monoisotopic (exact) mass is 658 g/mol. The number of nitrogen functional groups attached to an aromatic ring is 3. The normalized spacial score (nSPS) is 9.64. The van der Waals surface area contributed by atoms with Gasteiger partial charge in [-0.25, -0.2) is 4.79 Å². The minimum absolute atomic E-state index is 0.118. The predicted molar refractivity (Wildman–Crippen MR) is 162 cm³/mol. The van der Waals surface area contributed by atoms with Gasteiger partial charge in [0.1, 0.15) is 11.5 Å². The van der Waals surface area contributed by atoms with E-state index in [1.165, 1.54) is 0 Å². The molecule has 0 aliphatic carbocycles. The average molecular weight is 660 g/mol. The highest BCUT2D eigenvalue weighted by atomic mass is 79.9. The molecule has 0 aliphatic rings. The quantitative estimate of drug-likeness (QED) is 0.156. The first-order chi connectivity index (χ1) is 18.6. The smallest absolute Gasteiger partial charge is 0.338 e. The van der Waals surface area contributed by atoms with Crippen LogP contribution in [0.3, 0.4) is 0 Å². The van der Waals surface area contributed by atoms with Crippen LogP contribution in [0.5, 0.6) is 11.5 Å². The van der Waals surface area contributed by atoms with Crippen molar-refractivity contribution in [1.82, 2.24) is 0 Å². The van der Waals surface area contributed by atoms with E-state index >= 15 is 0 Å². The Hall–Kier alpha value is -4.22. The minimum atomic E-state index is -1.02. The molecule has 9 nitrogen and oxygen atoms in total. The number of nitrogens with one attached hydrogen (secondary N) is 1. The minimum Gasteiger partial charge on any atom is -0.495 e. The number of methoxy groups -OCH3 is 2. The van der Waals surface area contributed by atoms with Crippen molar-refractivity contribution >= 4 is 66.5 Å². The zero-order valence-corrected chi connectivity index (χ0v) is 24.3. The third-order valence-corrected chi connectivity index (χ3v) is 6.35. The van der Waals surface area contributed by atoms with Gasteiger partial charge in [0.15, 0.2) is 0 Å². The molecular formula is C28H28Br2N4O5. The second-order valence-corrected chi connectivity index (χ2v) is 9.32. The van der Waals surface area contributed by atoms with Crippen molar-refractivity contribution in [3.8, 4) is 11.5 Å². The Labute approximate surface area is 243 Å². The molecular weight excluding hydrogens is 632 g/mol. The number of halogens is 2. The van der Waals surface area contributed by atoms with E-state index < -0.39 is 5.97 Å². The van der Waals surface area contributed by atoms with E-state index in [-0.39, 0.29) is 17.2 Å². The molecule has 0 saturated carbocycles. The molecule has 4 aromatic rings. The van der Waals surface area contributed by atoms with Gasteiger partial charge in [-0.05, 0) is 80.4 Å². The van der Waals surface area contributed by atoms with Crippen molar-refractivity contribution in [2.45, 2.75) is 0 Å². The third kappa shape index (κ3) is 8.94. The molecule has 0 fully saturated rings. The molecule has 0 heterocycles. The Morgan fingerprint density at radius 2 is 1.13 bits per heavy atom. The molecule has 0 spiro atoms. The largest absolute Gasteiger partial charge is 0.495 e. The molecule has 39 heavy (non-hydrogen) atoms. The second kappa shape index (κ2) is 15.3. The number of para-hydroxylation sites is 4. The first-order valence-electron chi connectivity index (χ1n) is 11.2. The molecule has 0 unspecified atom stereocenters. The number of carboxylic acid groups (broad SMARTS) is 1. The lowest BCUT2D eigenvalue weighted by molar-refractivity contribution is 0.0697.